The van der Waals surface area contributed by atoms with Crippen LogP contribution in [0.25, 0.3) is 0 Å². The van der Waals surface area contributed by atoms with Gasteiger partial charge in [-0.05, 0) is 36.6 Å². The number of ketones is 1. The summed E-state index contributed by atoms with van der Waals surface area (Å²) >= 11 is 0. The van der Waals surface area contributed by atoms with Gasteiger partial charge in [0.25, 0.3) is 0 Å². The van der Waals surface area contributed by atoms with Crippen molar-refractivity contribution in [2.45, 2.75) is 25.4 Å². The fourth-order valence-corrected chi connectivity index (χ4v) is 3.58. The molecule has 5 heteroatoms. The molecule has 2 unspecified atom stereocenters. The first-order valence-corrected chi connectivity index (χ1v) is 8.61. The van der Waals surface area contributed by atoms with Gasteiger partial charge in [-0.2, -0.15) is 0 Å². The molecule has 1 aromatic carbocycles. The monoisotopic (exact) mass is 356 g/mol. The highest BCUT2D eigenvalue weighted by Crippen LogP contribution is 2.40. The minimum Gasteiger partial charge on any atom is -0.498 e. The second-order valence-corrected chi connectivity index (χ2v) is 6.53. The second-order valence-electron chi connectivity index (χ2n) is 6.53. The Hall–Kier alpha value is -2.53. The van der Waals surface area contributed by atoms with Crippen molar-refractivity contribution >= 4 is 5.78 Å². The van der Waals surface area contributed by atoms with Gasteiger partial charge in [-0.3, -0.25) is 4.79 Å². The Kier molecular flexibility index (Phi) is 5.18. The molecule has 0 aromatic heterocycles. The number of carbonyl (C=O) groups is 1. The molecule has 5 nitrogen and oxygen atoms in total. The van der Waals surface area contributed by atoms with E-state index in [-0.39, 0.29) is 18.5 Å². The van der Waals surface area contributed by atoms with Crippen molar-refractivity contribution in [1.82, 2.24) is 0 Å². The molecule has 1 aromatic rings. The van der Waals surface area contributed by atoms with Crippen LogP contribution in [-0.2, 0) is 20.7 Å². The molecule has 0 radical (unpaired) electrons. The van der Waals surface area contributed by atoms with Crippen molar-refractivity contribution in [3.8, 4) is 11.5 Å². The number of methoxy groups -OCH3 is 2. The van der Waals surface area contributed by atoms with E-state index in [2.05, 4.69) is 13.5 Å². The van der Waals surface area contributed by atoms with Gasteiger partial charge in [0.15, 0.2) is 17.3 Å². The van der Waals surface area contributed by atoms with Crippen molar-refractivity contribution in [2.75, 3.05) is 21.0 Å². The Bertz CT molecular complexity index is 777. The van der Waals surface area contributed by atoms with E-state index in [0.29, 0.717) is 17.8 Å². The smallest absolute Gasteiger partial charge is 0.231 e. The van der Waals surface area contributed by atoms with E-state index in [4.69, 9.17) is 18.9 Å². The lowest BCUT2D eigenvalue weighted by molar-refractivity contribution is -0.112. The molecule has 0 saturated heterocycles. The van der Waals surface area contributed by atoms with Crippen LogP contribution in [0.3, 0.4) is 0 Å². The van der Waals surface area contributed by atoms with Gasteiger partial charge < -0.3 is 18.9 Å². The summed E-state index contributed by atoms with van der Waals surface area (Å²) in [6.45, 7) is 6.07. The number of benzene rings is 1. The number of hydrogen-bond donors (Lipinski definition) is 0. The molecular weight excluding hydrogens is 332 g/mol. The van der Waals surface area contributed by atoms with Crippen LogP contribution in [0.1, 0.15) is 18.9 Å². The maximum atomic E-state index is 12.3. The Morgan fingerprint density at radius 2 is 2.08 bits per heavy atom. The third kappa shape index (κ3) is 3.15. The van der Waals surface area contributed by atoms with Gasteiger partial charge in [-0.15, -0.1) is 6.58 Å². The van der Waals surface area contributed by atoms with Gasteiger partial charge in [-0.1, -0.05) is 19.1 Å². The minimum absolute atomic E-state index is 0.0204. The van der Waals surface area contributed by atoms with Crippen molar-refractivity contribution < 1.29 is 23.7 Å². The van der Waals surface area contributed by atoms with E-state index in [1.165, 1.54) is 6.08 Å². The van der Waals surface area contributed by atoms with Crippen LogP contribution in [0.5, 0.6) is 11.5 Å². The predicted octanol–water partition coefficient (Wildman–Crippen LogP) is 3.59. The molecule has 0 bridgehead atoms. The first-order chi connectivity index (χ1) is 12.5. The first-order valence-electron chi connectivity index (χ1n) is 8.61. The zero-order chi connectivity index (χ0) is 18.7. The van der Waals surface area contributed by atoms with Crippen LogP contribution < -0.4 is 9.47 Å². The van der Waals surface area contributed by atoms with Gasteiger partial charge >= 0.3 is 0 Å². The molecule has 1 heterocycles. The maximum absolute atomic E-state index is 12.3. The average Bonchev–Trinajstić information content (AvgIpc) is 3.11. The van der Waals surface area contributed by atoms with E-state index >= 15 is 0 Å². The third-order valence-electron chi connectivity index (χ3n) is 4.99. The third-order valence-corrected chi connectivity index (χ3v) is 4.99. The minimum atomic E-state index is -0.808. The zero-order valence-corrected chi connectivity index (χ0v) is 15.4. The van der Waals surface area contributed by atoms with Crippen molar-refractivity contribution in [3.63, 3.8) is 0 Å². The Morgan fingerprint density at radius 1 is 1.31 bits per heavy atom. The van der Waals surface area contributed by atoms with Crippen molar-refractivity contribution in [2.24, 2.45) is 5.92 Å². The summed E-state index contributed by atoms with van der Waals surface area (Å²) in [5.74, 6) is 1.99. The number of rotatable bonds is 7. The zero-order valence-electron chi connectivity index (χ0n) is 15.4. The quantitative estimate of drug-likeness (QED) is 0.699. The molecule has 0 N–H and O–H groups in total. The van der Waals surface area contributed by atoms with Gasteiger partial charge in [-0.25, -0.2) is 0 Å². The molecule has 1 aliphatic heterocycles. The van der Waals surface area contributed by atoms with Crippen LogP contribution in [0, 0.1) is 5.92 Å². The van der Waals surface area contributed by atoms with Gasteiger partial charge in [0.2, 0.25) is 6.79 Å². The lowest BCUT2D eigenvalue weighted by Gasteiger charge is -2.39. The largest absolute Gasteiger partial charge is 0.498 e. The Balaban J connectivity index is 1.92. The number of allylic oxidation sites excluding steroid dienone is 3. The molecule has 0 amide bonds. The fraction of sp³-hybridized carbons (Fsp3) is 0.381. The summed E-state index contributed by atoms with van der Waals surface area (Å²) in [4.78, 5) is 12.3. The highest BCUT2D eigenvalue weighted by atomic mass is 16.7. The van der Waals surface area contributed by atoms with Crippen LogP contribution in [0.15, 0.2) is 54.3 Å². The predicted molar refractivity (Wildman–Crippen MR) is 98.2 cm³/mol. The first kappa shape index (κ1) is 18.3. The Labute approximate surface area is 153 Å². The summed E-state index contributed by atoms with van der Waals surface area (Å²) in [7, 11) is 3.20. The van der Waals surface area contributed by atoms with E-state index in [9.17, 15) is 4.79 Å². The summed E-state index contributed by atoms with van der Waals surface area (Å²) in [5.41, 5.74) is 0.960. The summed E-state index contributed by atoms with van der Waals surface area (Å²) in [6.07, 6.45) is 6.34. The normalized spacial score (nSPS) is 22.5. The lowest BCUT2D eigenvalue weighted by Crippen LogP contribution is -2.43. The topological polar surface area (TPSA) is 54.0 Å². The maximum Gasteiger partial charge on any atom is 0.231 e. The molecule has 0 saturated carbocycles. The van der Waals surface area contributed by atoms with Crippen molar-refractivity contribution in [1.29, 1.82) is 0 Å². The molecule has 0 spiro atoms. The van der Waals surface area contributed by atoms with E-state index in [1.807, 2.05) is 24.3 Å². The molecular formula is C21H24O5. The molecule has 138 valence electrons. The standard InChI is InChI=1S/C21H24O5/c1-5-6-16-12-21(24-4,20(23-3)11-17(16)22)14(2)9-15-7-8-18-19(10-15)26-13-25-18/h5,7-8,10-12,14H,1,6,9,13H2,2-4H3. The van der Waals surface area contributed by atoms with E-state index in [0.717, 1.165) is 23.5 Å². The lowest BCUT2D eigenvalue weighted by atomic mass is 9.77. The van der Waals surface area contributed by atoms with Gasteiger partial charge in [0, 0.05) is 24.7 Å². The van der Waals surface area contributed by atoms with Crippen LogP contribution in [-0.4, -0.2) is 32.4 Å². The summed E-state index contributed by atoms with van der Waals surface area (Å²) < 4.78 is 22.3. The van der Waals surface area contributed by atoms with E-state index < -0.39 is 5.60 Å². The summed E-state index contributed by atoms with van der Waals surface area (Å²) in [5, 5.41) is 0. The van der Waals surface area contributed by atoms with Crippen LogP contribution in [0.4, 0.5) is 0 Å². The van der Waals surface area contributed by atoms with Crippen LogP contribution >= 0.6 is 0 Å². The van der Waals surface area contributed by atoms with Crippen molar-refractivity contribution in [3.05, 3.63) is 59.9 Å². The Morgan fingerprint density at radius 3 is 2.77 bits per heavy atom. The number of hydrogen-bond acceptors (Lipinski definition) is 5. The molecule has 1 aliphatic carbocycles. The van der Waals surface area contributed by atoms with Crippen LogP contribution in [0.2, 0.25) is 0 Å². The number of fused-ring (bicyclic) bond motifs is 1. The van der Waals surface area contributed by atoms with Gasteiger partial charge in [0.1, 0.15) is 11.4 Å². The molecule has 2 aliphatic rings. The average molecular weight is 356 g/mol. The SMILES string of the molecule is C=CCC1=CC(OC)(C(C)Cc2ccc3c(c2)OCO3)C(OC)=CC1=O. The number of carbonyl (C=O) groups excluding carboxylic acids is 1. The molecule has 2 atom stereocenters. The summed E-state index contributed by atoms with van der Waals surface area (Å²) in [6, 6.07) is 5.92. The fourth-order valence-electron chi connectivity index (χ4n) is 3.58. The highest BCUT2D eigenvalue weighted by molar-refractivity contribution is 6.06. The van der Waals surface area contributed by atoms with E-state index in [1.54, 1.807) is 20.3 Å². The molecule has 0 fully saturated rings. The van der Waals surface area contributed by atoms with Gasteiger partial charge in [0.05, 0.1) is 7.11 Å². The number of ether oxygens (including phenoxy) is 4. The molecule has 3 rings (SSSR count). The second kappa shape index (κ2) is 7.38. The molecule has 26 heavy (non-hydrogen) atoms. The highest BCUT2D eigenvalue weighted by Gasteiger charge is 2.43.